The van der Waals surface area contributed by atoms with E-state index in [2.05, 4.69) is 40.6 Å². The van der Waals surface area contributed by atoms with Crippen molar-refractivity contribution in [1.82, 2.24) is 10.2 Å². The molecule has 1 spiro atoms. The summed E-state index contributed by atoms with van der Waals surface area (Å²) in [5.74, 6) is -0.629. The molecule has 2 aromatic rings. The minimum Gasteiger partial charge on any atom is -0.352 e. The van der Waals surface area contributed by atoms with E-state index in [1.54, 1.807) is 0 Å². The number of hydrogen-bond donors (Lipinski definition) is 1. The zero-order chi connectivity index (χ0) is 26.4. The molecule has 2 aromatic carbocycles. The van der Waals surface area contributed by atoms with Crippen LogP contribution in [0.5, 0.6) is 0 Å². The number of nitrogens with zero attached hydrogens (tertiary/aromatic N) is 1. The summed E-state index contributed by atoms with van der Waals surface area (Å²) < 4.78 is 78.6. The van der Waals surface area contributed by atoms with E-state index in [1.807, 2.05) is 6.07 Å². The van der Waals surface area contributed by atoms with E-state index in [-0.39, 0.29) is 41.5 Å². The zero-order valence-corrected chi connectivity index (χ0v) is 20.1. The van der Waals surface area contributed by atoms with Gasteiger partial charge in [-0.15, -0.1) is 0 Å². The molecule has 1 aliphatic heterocycles. The third-order valence-corrected chi connectivity index (χ3v) is 8.18. The monoisotopic (exact) mass is 522 g/mol. The molecule has 2 fully saturated rings. The highest BCUT2D eigenvalue weighted by Crippen LogP contribution is 2.45. The molecule has 1 amide bonds. The number of allylic oxidation sites excluding steroid dienone is 1. The molecule has 0 unspecified atom stereocenters. The number of carbonyl (C=O) groups is 1. The highest BCUT2D eigenvalue weighted by Gasteiger charge is 2.41. The zero-order valence-electron chi connectivity index (χ0n) is 20.1. The molecule has 9 heteroatoms. The van der Waals surface area contributed by atoms with E-state index in [9.17, 15) is 31.1 Å². The summed E-state index contributed by atoms with van der Waals surface area (Å²) in [6.45, 7) is 1.45. The average molecular weight is 523 g/mol. The number of benzene rings is 2. The van der Waals surface area contributed by atoms with Gasteiger partial charge >= 0.3 is 12.4 Å². The van der Waals surface area contributed by atoms with Gasteiger partial charge in [-0.1, -0.05) is 36.4 Å². The highest BCUT2D eigenvalue weighted by molar-refractivity contribution is 5.79. The predicted octanol–water partition coefficient (Wildman–Crippen LogP) is 6.57. The SMILES string of the molecule is O=C(NCc1cc(C(F)(F)F)cc(C(F)(F)F)c1)[C@H]1CC[C@@H](N2CCC3(C=Cc4ccccc43)CC2)C1. The van der Waals surface area contributed by atoms with Gasteiger partial charge in [0.1, 0.15) is 0 Å². The number of piperidine rings is 1. The van der Waals surface area contributed by atoms with Crippen LogP contribution in [-0.4, -0.2) is 29.9 Å². The lowest BCUT2D eigenvalue weighted by atomic mass is 9.74. The number of carbonyl (C=O) groups excluding carboxylic acids is 1. The summed E-state index contributed by atoms with van der Waals surface area (Å²) in [6.07, 6.45) is -1.17. The Morgan fingerprint density at radius 2 is 1.59 bits per heavy atom. The maximum atomic E-state index is 13.1. The van der Waals surface area contributed by atoms with E-state index in [0.29, 0.717) is 25.0 Å². The molecule has 2 atom stereocenters. The minimum atomic E-state index is -4.91. The highest BCUT2D eigenvalue weighted by atomic mass is 19.4. The Bertz CT molecular complexity index is 1160. The van der Waals surface area contributed by atoms with Crippen LogP contribution in [0.15, 0.2) is 48.5 Å². The normalized spacial score (nSPS) is 23.4. The number of hydrogen-bond acceptors (Lipinski definition) is 2. The molecule has 198 valence electrons. The fourth-order valence-electron chi connectivity index (χ4n) is 6.14. The van der Waals surface area contributed by atoms with E-state index in [4.69, 9.17) is 0 Å². The summed E-state index contributed by atoms with van der Waals surface area (Å²) in [5.41, 5.74) is -0.261. The Morgan fingerprint density at radius 1 is 0.946 bits per heavy atom. The van der Waals surface area contributed by atoms with Gasteiger partial charge in [0, 0.05) is 23.9 Å². The second kappa shape index (κ2) is 9.49. The van der Waals surface area contributed by atoms with Gasteiger partial charge in [0.15, 0.2) is 0 Å². The minimum absolute atomic E-state index is 0.0721. The van der Waals surface area contributed by atoms with Crippen LogP contribution < -0.4 is 5.32 Å². The first-order valence-corrected chi connectivity index (χ1v) is 12.5. The Hall–Kier alpha value is -2.81. The third-order valence-electron chi connectivity index (χ3n) is 8.18. The molecule has 5 rings (SSSR count). The van der Waals surface area contributed by atoms with Gasteiger partial charge in [0.05, 0.1) is 11.1 Å². The molecular formula is C28H28F6N2O. The molecule has 1 heterocycles. The molecule has 1 saturated heterocycles. The van der Waals surface area contributed by atoms with Gasteiger partial charge in [-0.05, 0) is 80.1 Å². The lowest BCUT2D eigenvalue weighted by Gasteiger charge is -2.42. The van der Waals surface area contributed by atoms with Gasteiger partial charge in [0.2, 0.25) is 5.91 Å². The summed E-state index contributed by atoms with van der Waals surface area (Å²) in [7, 11) is 0. The Labute approximate surface area is 211 Å². The van der Waals surface area contributed by atoms with Crippen LogP contribution in [-0.2, 0) is 29.1 Å². The second-order valence-corrected chi connectivity index (χ2v) is 10.4. The summed E-state index contributed by atoms with van der Waals surface area (Å²) >= 11 is 0. The van der Waals surface area contributed by atoms with Crippen molar-refractivity contribution in [1.29, 1.82) is 0 Å². The van der Waals surface area contributed by atoms with Gasteiger partial charge in [-0.2, -0.15) is 26.3 Å². The molecule has 0 aromatic heterocycles. The van der Waals surface area contributed by atoms with Crippen LogP contribution in [0.25, 0.3) is 6.08 Å². The van der Waals surface area contributed by atoms with Crippen molar-refractivity contribution >= 4 is 12.0 Å². The number of fused-ring (bicyclic) bond motifs is 2. The summed E-state index contributed by atoms with van der Waals surface area (Å²) in [4.78, 5) is 15.2. The first-order valence-electron chi connectivity index (χ1n) is 12.5. The van der Waals surface area contributed by atoms with Crippen molar-refractivity contribution in [2.75, 3.05) is 13.1 Å². The maximum Gasteiger partial charge on any atom is 0.416 e. The predicted molar refractivity (Wildman–Crippen MR) is 127 cm³/mol. The van der Waals surface area contributed by atoms with Crippen molar-refractivity contribution in [2.45, 2.75) is 62.5 Å². The molecule has 2 aliphatic carbocycles. The molecular weight excluding hydrogens is 494 g/mol. The number of likely N-dealkylation sites (tertiary alicyclic amines) is 1. The van der Waals surface area contributed by atoms with Gasteiger partial charge < -0.3 is 10.2 Å². The molecule has 3 aliphatic rings. The van der Waals surface area contributed by atoms with E-state index in [1.165, 1.54) is 11.1 Å². The topological polar surface area (TPSA) is 32.3 Å². The van der Waals surface area contributed by atoms with Crippen LogP contribution in [0.4, 0.5) is 26.3 Å². The molecule has 1 N–H and O–H groups in total. The standard InChI is InChI=1S/C28H28F6N2O/c29-27(30,31)21-13-18(14-22(16-21)28(32,33)34)17-35-25(37)20-5-6-23(15-20)36-11-9-26(10-12-36)8-7-19-3-1-2-4-24(19)26/h1-4,7-8,13-14,16,20,23H,5-6,9-12,15,17H2,(H,35,37)/t20-,23+/m0/s1. The van der Waals surface area contributed by atoms with Crippen LogP contribution in [0.3, 0.4) is 0 Å². The van der Waals surface area contributed by atoms with Crippen molar-refractivity contribution in [3.05, 3.63) is 76.4 Å². The van der Waals surface area contributed by atoms with Crippen LogP contribution in [0.1, 0.15) is 59.9 Å². The number of rotatable bonds is 4. The van der Waals surface area contributed by atoms with E-state index in [0.717, 1.165) is 32.4 Å². The van der Waals surface area contributed by atoms with Crippen LogP contribution in [0.2, 0.25) is 0 Å². The lowest BCUT2D eigenvalue weighted by molar-refractivity contribution is -0.143. The van der Waals surface area contributed by atoms with Crippen molar-refractivity contribution in [3.8, 4) is 0 Å². The Balaban J connectivity index is 1.17. The maximum absolute atomic E-state index is 13.1. The summed E-state index contributed by atoms with van der Waals surface area (Å²) in [6, 6.07) is 10.1. The number of amides is 1. The largest absolute Gasteiger partial charge is 0.416 e. The number of alkyl halides is 6. The van der Waals surface area contributed by atoms with Gasteiger partial charge in [0.25, 0.3) is 0 Å². The molecule has 37 heavy (non-hydrogen) atoms. The lowest BCUT2D eigenvalue weighted by Crippen LogP contribution is -2.45. The number of halogens is 6. The second-order valence-electron chi connectivity index (χ2n) is 10.4. The number of nitrogens with one attached hydrogen (secondary N) is 1. The van der Waals surface area contributed by atoms with Crippen molar-refractivity contribution in [3.63, 3.8) is 0 Å². The quantitative estimate of drug-likeness (QED) is 0.461. The molecule has 3 nitrogen and oxygen atoms in total. The fourth-order valence-corrected chi connectivity index (χ4v) is 6.14. The van der Waals surface area contributed by atoms with Gasteiger partial charge in [-0.25, -0.2) is 0 Å². The van der Waals surface area contributed by atoms with Crippen molar-refractivity contribution in [2.24, 2.45) is 5.92 Å². The Kier molecular flexibility index (Phi) is 6.63. The fraction of sp³-hybridized carbons (Fsp3) is 0.464. The van der Waals surface area contributed by atoms with Gasteiger partial charge in [-0.3, -0.25) is 4.79 Å². The average Bonchev–Trinajstić information content (AvgIpc) is 3.48. The Morgan fingerprint density at radius 3 is 2.24 bits per heavy atom. The smallest absolute Gasteiger partial charge is 0.352 e. The summed E-state index contributed by atoms with van der Waals surface area (Å²) in [5, 5.41) is 2.57. The third kappa shape index (κ3) is 5.28. The van der Waals surface area contributed by atoms with E-state index >= 15 is 0 Å². The van der Waals surface area contributed by atoms with Crippen LogP contribution in [0, 0.1) is 5.92 Å². The van der Waals surface area contributed by atoms with Crippen molar-refractivity contribution < 1.29 is 31.1 Å². The molecule has 1 saturated carbocycles. The van der Waals surface area contributed by atoms with E-state index < -0.39 is 23.5 Å². The molecule has 0 bridgehead atoms. The molecule has 0 radical (unpaired) electrons. The first-order chi connectivity index (χ1) is 17.4. The first kappa shape index (κ1) is 25.8. The van der Waals surface area contributed by atoms with Crippen LogP contribution >= 0.6 is 0 Å².